The van der Waals surface area contributed by atoms with E-state index in [0.717, 1.165) is 53.6 Å². The molecule has 1 aliphatic carbocycles. The van der Waals surface area contributed by atoms with Gasteiger partial charge in [0.05, 0.1) is 12.4 Å². The molecule has 2 aromatic rings. The third-order valence-corrected chi connectivity index (χ3v) is 7.29. The van der Waals surface area contributed by atoms with Crippen LogP contribution in [0, 0.1) is 19.8 Å². The van der Waals surface area contributed by atoms with E-state index < -0.39 is 0 Å². The van der Waals surface area contributed by atoms with E-state index in [9.17, 15) is 4.79 Å². The molecule has 164 valence electrons. The van der Waals surface area contributed by atoms with Gasteiger partial charge in [-0.3, -0.25) is 9.36 Å². The quantitative estimate of drug-likeness (QED) is 0.443. The maximum absolute atomic E-state index is 13.0. The van der Waals surface area contributed by atoms with Crippen molar-refractivity contribution in [2.24, 2.45) is 5.92 Å². The molecule has 3 heterocycles. The molecule has 0 atom stereocenters. The summed E-state index contributed by atoms with van der Waals surface area (Å²) in [6, 6.07) is 2.49. The van der Waals surface area contributed by atoms with Gasteiger partial charge < -0.3 is 14.2 Å². The number of aryl methyl sites for hydroxylation is 1. The van der Waals surface area contributed by atoms with Gasteiger partial charge in [0, 0.05) is 49.7 Å². The van der Waals surface area contributed by atoms with Gasteiger partial charge in [-0.15, -0.1) is 10.2 Å². The highest BCUT2D eigenvalue weighted by molar-refractivity contribution is 7.99. The maximum atomic E-state index is 13.0. The average molecular weight is 432 g/mol. The number of anilines is 1. The fourth-order valence-electron chi connectivity index (χ4n) is 4.26. The number of rotatable bonds is 9. The van der Waals surface area contributed by atoms with Gasteiger partial charge in [-0.2, -0.15) is 0 Å². The second kappa shape index (κ2) is 9.14. The SMILES string of the molecule is COCCn1c(C)cc(C(=O)CSc2nnc(N3CCC(C)CC3)n2C2CC2)c1C. The summed E-state index contributed by atoms with van der Waals surface area (Å²) < 4.78 is 9.64. The highest BCUT2D eigenvalue weighted by Gasteiger charge is 2.32. The Kier molecular flexibility index (Phi) is 6.53. The number of ether oxygens (including phenoxy) is 1. The molecule has 0 unspecified atom stereocenters. The third kappa shape index (κ3) is 4.44. The van der Waals surface area contributed by atoms with Crippen LogP contribution in [0.1, 0.15) is 60.4 Å². The minimum Gasteiger partial charge on any atom is -0.383 e. The van der Waals surface area contributed by atoms with Crippen LogP contribution in [0.5, 0.6) is 0 Å². The third-order valence-electron chi connectivity index (χ3n) is 6.35. The van der Waals surface area contributed by atoms with Crippen molar-refractivity contribution in [1.82, 2.24) is 19.3 Å². The van der Waals surface area contributed by atoms with Gasteiger partial charge in [0.1, 0.15) is 0 Å². The Hall–Kier alpha value is -1.80. The number of aromatic nitrogens is 4. The molecule has 0 amide bonds. The molecule has 4 rings (SSSR count). The maximum Gasteiger partial charge on any atom is 0.228 e. The van der Waals surface area contributed by atoms with Gasteiger partial charge in [-0.05, 0) is 51.5 Å². The first kappa shape index (κ1) is 21.4. The van der Waals surface area contributed by atoms with Gasteiger partial charge >= 0.3 is 0 Å². The Morgan fingerprint density at radius 1 is 1.20 bits per heavy atom. The number of ketones is 1. The summed E-state index contributed by atoms with van der Waals surface area (Å²) in [6.07, 6.45) is 4.77. The molecule has 2 aliphatic rings. The molecule has 0 radical (unpaired) electrons. The van der Waals surface area contributed by atoms with Gasteiger partial charge in [0.15, 0.2) is 10.9 Å². The number of piperidine rings is 1. The molecule has 2 fully saturated rings. The largest absolute Gasteiger partial charge is 0.383 e. The van der Waals surface area contributed by atoms with E-state index in [1.165, 1.54) is 37.4 Å². The Balaban J connectivity index is 1.46. The van der Waals surface area contributed by atoms with Crippen molar-refractivity contribution >= 4 is 23.5 Å². The fraction of sp³-hybridized carbons (Fsp3) is 0.682. The van der Waals surface area contributed by atoms with Crippen LogP contribution in [-0.2, 0) is 11.3 Å². The predicted molar refractivity (Wildman–Crippen MR) is 120 cm³/mol. The van der Waals surface area contributed by atoms with E-state index >= 15 is 0 Å². The summed E-state index contributed by atoms with van der Waals surface area (Å²) >= 11 is 1.52. The highest BCUT2D eigenvalue weighted by Crippen LogP contribution is 2.41. The molecule has 8 heteroatoms. The lowest BCUT2D eigenvalue weighted by atomic mass is 10.00. The Labute approximate surface area is 183 Å². The average Bonchev–Trinajstić information content (AvgIpc) is 3.42. The van der Waals surface area contributed by atoms with Crippen molar-refractivity contribution in [1.29, 1.82) is 0 Å². The van der Waals surface area contributed by atoms with Crippen LogP contribution in [0.15, 0.2) is 11.2 Å². The molecule has 2 aromatic heterocycles. The second-order valence-electron chi connectivity index (χ2n) is 8.69. The van der Waals surface area contributed by atoms with Crippen LogP contribution < -0.4 is 4.90 Å². The number of hydrogen-bond donors (Lipinski definition) is 0. The summed E-state index contributed by atoms with van der Waals surface area (Å²) in [5.74, 6) is 2.32. The number of hydrogen-bond acceptors (Lipinski definition) is 6. The van der Waals surface area contributed by atoms with E-state index in [0.29, 0.717) is 18.4 Å². The monoisotopic (exact) mass is 431 g/mol. The smallest absolute Gasteiger partial charge is 0.228 e. The number of methoxy groups -OCH3 is 1. The second-order valence-corrected chi connectivity index (χ2v) is 9.64. The van der Waals surface area contributed by atoms with Crippen LogP contribution in [0.3, 0.4) is 0 Å². The van der Waals surface area contributed by atoms with Gasteiger partial charge in [-0.1, -0.05) is 18.7 Å². The Morgan fingerprint density at radius 3 is 2.60 bits per heavy atom. The normalized spacial score (nSPS) is 17.7. The highest BCUT2D eigenvalue weighted by atomic mass is 32.2. The molecular weight excluding hydrogens is 398 g/mol. The number of Topliss-reactive ketones (excluding diaryl/α,β-unsaturated/α-hetero) is 1. The number of thioether (sulfide) groups is 1. The molecule has 0 spiro atoms. The van der Waals surface area contributed by atoms with E-state index in [2.05, 4.69) is 31.2 Å². The van der Waals surface area contributed by atoms with Crippen molar-refractivity contribution < 1.29 is 9.53 Å². The van der Waals surface area contributed by atoms with Crippen LogP contribution >= 0.6 is 11.8 Å². The lowest BCUT2D eigenvalue weighted by Gasteiger charge is -2.31. The van der Waals surface area contributed by atoms with Crippen molar-refractivity contribution in [2.75, 3.05) is 37.5 Å². The summed E-state index contributed by atoms with van der Waals surface area (Å²) in [5.41, 5.74) is 2.92. The molecule has 1 saturated carbocycles. The summed E-state index contributed by atoms with van der Waals surface area (Å²) in [5, 5.41) is 9.90. The number of nitrogens with zero attached hydrogens (tertiary/aromatic N) is 5. The predicted octanol–water partition coefficient (Wildman–Crippen LogP) is 3.89. The minimum atomic E-state index is 0.149. The summed E-state index contributed by atoms with van der Waals surface area (Å²) in [7, 11) is 1.70. The zero-order chi connectivity index (χ0) is 21.3. The number of carbonyl (C=O) groups is 1. The fourth-order valence-corrected chi connectivity index (χ4v) is 5.15. The van der Waals surface area contributed by atoms with Crippen LogP contribution in [0.2, 0.25) is 0 Å². The molecule has 1 aliphatic heterocycles. The minimum absolute atomic E-state index is 0.149. The molecule has 0 bridgehead atoms. The molecular formula is C22H33N5O2S. The van der Waals surface area contributed by atoms with Crippen molar-refractivity contribution in [3.8, 4) is 0 Å². The van der Waals surface area contributed by atoms with Crippen LogP contribution in [0.4, 0.5) is 5.95 Å². The molecule has 0 N–H and O–H groups in total. The van der Waals surface area contributed by atoms with Gasteiger partial charge in [0.2, 0.25) is 5.95 Å². The lowest BCUT2D eigenvalue weighted by Crippen LogP contribution is -2.34. The topological polar surface area (TPSA) is 65.2 Å². The zero-order valence-electron chi connectivity index (χ0n) is 18.6. The molecule has 30 heavy (non-hydrogen) atoms. The first-order valence-electron chi connectivity index (χ1n) is 11.0. The van der Waals surface area contributed by atoms with Gasteiger partial charge in [0.25, 0.3) is 0 Å². The van der Waals surface area contributed by atoms with E-state index in [1.807, 2.05) is 19.9 Å². The zero-order valence-corrected chi connectivity index (χ0v) is 19.4. The lowest BCUT2D eigenvalue weighted by molar-refractivity contribution is 0.102. The van der Waals surface area contributed by atoms with E-state index in [-0.39, 0.29) is 5.78 Å². The number of carbonyl (C=O) groups excluding carboxylic acids is 1. The van der Waals surface area contributed by atoms with E-state index in [4.69, 9.17) is 4.74 Å². The van der Waals surface area contributed by atoms with Crippen LogP contribution in [-0.4, -0.2) is 57.7 Å². The summed E-state index contributed by atoms with van der Waals surface area (Å²) in [4.78, 5) is 15.4. The summed E-state index contributed by atoms with van der Waals surface area (Å²) in [6.45, 7) is 9.88. The van der Waals surface area contributed by atoms with Crippen molar-refractivity contribution in [2.45, 2.75) is 64.2 Å². The first-order chi connectivity index (χ1) is 14.5. The molecule has 1 saturated heterocycles. The molecule has 7 nitrogen and oxygen atoms in total. The Morgan fingerprint density at radius 2 is 1.93 bits per heavy atom. The van der Waals surface area contributed by atoms with Crippen molar-refractivity contribution in [3.63, 3.8) is 0 Å². The van der Waals surface area contributed by atoms with Crippen LogP contribution in [0.25, 0.3) is 0 Å². The van der Waals surface area contributed by atoms with E-state index in [1.54, 1.807) is 7.11 Å². The van der Waals surface area contributed by atoms with Crippen molar-refractivity contribution in [3.05, 3.63) is 23.0 Å². The standard InChI is InChI=1S/C22H33N5O2S/c1-15-7-9-25(10-8-15)21-23-24-22(27(21)18-5-6-18)30-14-20(28)19-13-16(2)26(17(19)3)11-12-29-4/h13,15,18H,5-12,14H2,1-4H3. The first-order valence-corrected chi connectivity index (χ1v) is 12.0. The Bertz CT molecular complexity index is 894. The molecule has 0 aromatic carbocycles. The van der Waals surface area contributed by atoms with Gasteiger partial charge in [-0.25, -0.2) is 0 Å².